The normalized spacial score (nSPS) is 27.3. The smallest absolute Gasteiger partial charge is 0.305 e. The molecule has 1 aliphatic heterocycles. The van der Waals surface area contributed by atoms with E-state index >= 15 is 0 Å². The molecule has 4 atom stereocenters. The fourth-order valence-corrected chi connectivity index (χ4v) is 2.42. The lowest BCUT2D eigenvalue weighted by Crippen LogP contribution is -2.53. The van der Waals surface area contributed by atoms with Gasteiger partial charge in [-0.15, -0.1) is 0 Å². The van der Waals surface area contributed by atoms with Gasteiger partial charge < -0.3 is 24.1 Å². The highest BCUT2D eigenvalue weighted by atomic mass is 16.7. The maximum atomic E-state index is 11.7. The number of carboxylic acid groups (broad SMARTS) is 1. The molecule has 8 heteroatoms. The number of carboxylic acids is 1. The number of ether oxygens (including phenoxy) is 4. The monoisotopic (exact) mass is 332 g/mol. The molecule has 8 nitrogen and oxygen atoms in total. The number of esters is 2. The molecule has 1 heterocycles. The van der Waals surface area contributed by atoms with Crippen LogP contribution in [0.2, 0.25) is 0 Å². The van der Waals surface area contributed by atoms with Crippen molar-refractivity contribution in [3.05, 3.63) is 0 Å². The van der Waals surface area contributed by atoms with Crippen LogP contribution in [0.15, 0.2) is 0 Å². The number of hydrogen-bond donors (Lipinski definition) is 1. The van der Waals surface area contributed by atoms with Crippen molar-refractivity contribution in [3.63, 3.8) is 0 Å². The Balaban J connectivity index is 2.94. The van der Waals surface area contributed by atoms with E-state index in [0.29, 0.717) is 0 Å². The third-order valence-corrected chi connectivity index (χ3v) is 3.64. The molecular weight excluding hydrogens is 308 g/mol. The topological polar surface area (TPSA) is 108 Å². The lowest BCUT2D eigenvalue weighted by Gasteiger charge is -2.40. The molecular formula is C15H24O8. The van der Waals surface area contributed by atoms with E-state index in [1.807, 2.05) is 0 Å². The van der Waals surface area contributed by atoms with Gasteiger partial charge in [-0.3, -0.25) is 14.4 Å². The maximum Gasteiger partial charge on any atom is 0.305 e. The lowest BCUT2D eigenvalue weighted by atomic mass is 9.88. The quantitative estimate of drug-likeness (QED) is 0.659. The zero-order chi connectivity index (χ0) is 17.4. The van der Waals surface area contributed by atoms with Gasteiger partial charge in [-0.1, -0.05) is 13.8 Å². The Hall–Kier alpha value is -1.67. The van der Waals surface area contributed by atoms with Gasteiger partial charge in [0.2, 0.25) is 0 Å². The Labute approximate surface area is 135 Å². The predicted octanol–water partition coefficient (Wildman–Crippen LogP) is 1.11. The Morgan fingerprint density at radius 3 is 2.26 bits per heavy atom. The van der Waals surface area contributed by atoms with Crippen molar-refractivity contribution in [1.82, 2.24) is 0 Å². The largest absolute Gasteiger partial charge is 0.481 e. The van der Waals surface area contributed by atoms with Crippen molar-refractivity contribution in [3.8, 4) is 0 Å². The van der Waals surface area contributed by atoms with Gasteiger partial charge in [0.25, 0.3) is 0 Å². The fourth-order valence-electron chi connectivity index (χ4n) is 2.42. The van der Waals surface area contributed by atoms with Gasteiger partial charge in [-0.2, -0.15) is 0 Å². The van der Waals surface area contributed by atoms with Crippen LogP contribution < -0.4 is 0 Å². The summed E-state index contributed by atoms with van der Waals surface area (Å²) in [6.07, 6.45) is -1.92. The Kier molecular flexibility index (Phi) is 7.97. The van der Waals surface area contributed by atoms with Crippen LogP contribution in [0.4, 0.5) is 0 Å². The molecule has 1 rings (SSSR count). The molecule has 23 heavy (non-hydrogen) atoms. The van der Waals surface area contributed by atoms with Gasteiger partial charge in [-0.25, -0.2) is 0 Å². The number of rotatable bonds is 8. The van der Waals surface area contributed by atoms with Gasteiger partial charge in [0.1, 0.15) is 6.10 Å². The summed E-state index contributed by atoms with van der Waals surface area (Å²) >= 11 is 0. The van der Waals surface area contributed by atoms with Crippen LogP contribution >= 0.6 is 0 Å². The second-order valence-electron chi connectivity index (χ2n) is 5.22. The summed E-state index contributed by atoms with van der Waals surface area (Å²) in [5.74, 6) is -2.36. The summed E-state index contributed by atoms with van der Waals surface area (Å²) in [4.78, 5) is 34.1. The summed E-state index contributed by atoms with van der Waals surface area (Å²) in [5, 5.41) is 8.92. The van der Waals surface area contributed by atoms with E-state index < -0.39 is 42.3 Å². The van der Waals surface area contributed by atoms with Crippen LogP contribution in [-0.2, 0) is 33.3 Å². The average molecular weight is 332 g/mol. The molecule has 0 saturated carbocycles. The zero-order valence-corrected chi connectivity index (χ0v) is 13.6. The molecule has 1 fully saturated rings. The molecule has 132 valence electrons. The number of aliphatic carboxylic acids is 1. The lowest BCUT2D eigenvalue weighted by molar-refractivity contribution is -0.260. The average Bonchev–Trinajstić information content (AvgIpc) is 2.53. The fraction of sp³-hybridized carbons (Fsp3) is 0.800. The zero-order valence-electron chi connectivity index (χ0n) is 13.6. The first-order valence-electron chi connectivity index (χ1n) is 7.68. The van der Waals surface area contributed by atoms with E-state index in [4.69, 9.17) is 24.1 Å². The van der Waals surface area contributed by atoms with E-state index in [0.717, 1.165) is 0 Å². The Morgan fingerprint density at radius 1 is 1.13 bits per heavy atom. The van der Waals surface area contributed by atoms with Crippen molar-refractivity contribution in [1.29, 1.82) is 0 Å². The Morgan fingerprint density at radius 2 is 1.74 bits per heavy atom. The van der Waals surface area contributed by atoms with Gasteiger partial charge >= 0.3 is 17.9 Å². The van der Waals surface area contributed by atoms with Crippen LogP contribution in [0.5, 0.6) is 0 Å². The Bertz CT molecular complexity index is 422. The van der Waals surface area contributed by atoms with Crippen LogP contribution in [0.3, 0.4) is 0 Å². The summed E-state index contributed by atoms with van der Waals surface area (Å²) in [6.45, 7) is 3.37. The van der Waals surface area contributed by atoms with Crippen molar-refractivity contribution >= 4 is 17.9 Å². The van der Waals surface area contributed by atoms with Crippen LogP contribution in [-0.4, -0.2) is 55.2 Å². The number of methoxy groups -OCH3 is 1. The maximum absolute atomic E-state index is 11.7. The molecule has 0 spiro atoms. The number of hydrogen-bond acceptors (Lipinski definition) is 7. The molecule has 0 aromatic heterocycles. The summed E-state index contributed by atoms with van der Waals surface area (Å²) in [5.41, 5.74) is 0. The molecule has 0 aliphatic carbocycles. The first kappa shape index (κ1) is 19.4. The van der Waals surface area contributed by atoms with E-state index in [2.05, 4.69) is 0 Å². The van der Waals surface area contributed by atoms with E-state index in [9.17, 15) is 14.4 Å². The predicted molar refractivity (Wildman–Crippen MR) is 77.5 cm³/mol. The van der Waals surface area contributed by atoms with Crippen molar-refractivity contribution < 1.29 is 38.4 Å². The molecule has 1 N–H and O–H groups in total. The van der Waals surface area contributed by atoms with Crippen LogP contribution in [0.25, 0.3) is 0 Å². The van der Waals surface area contributed by atoms with Crippen molar-refractivity contribution in [2.24, 2.45) is 5.92 Å². The van der Waals surface area contributed by atoms with E-state index in [1.54, 1.807) is 13.8 Å². The van der Waals surface area contributed by atoms with E-state index in [1.165, 1.54) is 7.11 Å². The minimum absolute atomic E-state index is 0.0642. The van der Waals surface area contributed by atoms with Gasteiger partial charge in [0.05, 0.1) is 6.61 Å². The van der Waals surface area contributed by atoms with Crippen LogP contribution in [0, 0.1) is 5.92 Å². The first-order valence-corrected chi connectivity index (χ1v) is 7.68. The summed E-state index contributed by atoms with van der Waals surface area (Å²) in [7, 11) is 1.41. The highest BCUT2D eigenvalue weighted by molar-refractivity contribution is 5.70. The molecule has 0 aromatic rings. The van der Waals surface area contributed by atoms with Crippen LogP contribution in [0.1, 0.15) is 39.5 Å². The van der Waals surface area contributed by atoms with Gasteiger partial charge in [0.15, 0.2) is 12.4 Å². The third-order valence-electron chi connectivity index (χ3n) is 3.64. The summed E-state index contributed by atoms with van der Waals surface area (Å²) < 4.78 is 21.3. The molecule has 0 unspecified atom stereocenters. The van der Waals surface area contributed by atoms with E-state index in [-0.39, 0.29) is 32.3 Å². The molecule has 1 aliphatic rings. The minimum Gasteiger partial charge on any atom is -0.481 e. The molecule has 1 saturated heterocycles. The minimum atomic E-state index is -0.980. The number of carbonyl (C=O) groups is 3. The molecule has 0 amide bonds. The second kappa shape index (κ2) is 9.46. The second-order valence-corrected chi connectivity index (χ2v) is 5.22. The highest BCUT2D eigenvalue weighted by Gasteiger charge is 2.44. The number of carbonyl (C=O) groups excluding carboxylic acids is 2. The SMILES string of the molecule is CCC(=O)O[C@H]1[C@@H](OC)OC[C@@H](OC(=O)CC)[C@@H]1CCC(=O)O. The molecule has 0 bridgehead atoms. The van der Waals surface area contributed by atoms with Gasteiger partial charge in [0, 0.05) is 32.3 Å². The standard InChI is InChI=1S/C15H24O8/c1-4-12(18)22-10-8-21-15(20-3)14(23-13(19)5-2)9(10)6-7-11(16)17/h9-10,14-15H,4-8H2,1-3H3,(H,16,17)/t9-,10+,14+,15-/m0/s1. The molecule has 0 radical (unpaired) electrons. The molecule has 0 aromatic carbocycles. The van der Waals surface area contributed by atoms with Crippen molar-refractivity contribution in [2.75, 3.05) is 13.7 Å². The third kappa shape index (κ3) is 5.80. The first-order chi connectivity index (χ1) is 10.9. The van der Waals surface area contributed by atoms with Gasteiger partial charge in [-0.05, 0) is 6.42 Å². The van der Waals surface area contributed by atoms with Crippen molar-refractivity contribution in [2.45, 2.75) is 58.0 Å². The summed E-state index contributed by atoms with van der Waals surface area (Å²) in [6, 6.07) is 0. The highest BCUT2D eigenvalue weighted by Crippen LogP contribution is 2.31.